The molecule has 1 aliphatic heterocycles. The highest BCUT2D eigenvalue weighted by molar-refractivity contribution is 7.17. The van der Waals surface area contributed by atoms with Crippen LogP contribution in [0.4, 0.5) is 4.39 Å². The number of hydrogen-bond donors (Lipinski definition) is 2. The Labute approximate surface area is 163 Å². The summed E-state index contributed by atoms with van der Waals surface area (Å²) in [6.45, 7) is 4.93. The molecule has 1 saturated heterocycles. The monoisotopic (exact) mass is 405 g/mol. The van der Waals surface area contributed by atoms with Crippen LogP contribution in [0.3, 0.4) is 0 Å². The van der Waals surface area contributed by atoms with Gasteiger partial charge < -0.3 is 10.6 Å². The summed E-state index contributed by atoms with van der Waals surface area (Å²) in [5.41, 5.74) is 1.54. The van der Waals surface area contributed by atoms with Gasteiger partial charge in [0.25, 0.3) is 5.91 Å². The maximum Gasteiger partial charge on any atom is 0.263 e. The highest BCUT2D eigenvalue weighted by Crippen LogP contribution is 2.28. The van der Waals surface area contributed by atoms with Crippen LogP contribution in [0.25, 0.3) is 10.6 Å². The summed E-state index contributed by atoms with van der Waals surface area (Å²) < 4.78 is 13.0. The lowest BCUT2D eigenvalue weighted by Gasteiger charge is -2.30. The molecule has 138 valence electrons. The average molecular weight is 406 g/mol. The van der Waals surface area contributed by atoms with Gasteiger partial charge in [0.1, 0.15) is 15.7 Å². The number of amides is 1. The average Bonchev–Trinajstić information content (AvgIpc) is 2.92. The first kappa shape index (κ1) is 21.8. The summed E-state index contributed by atoms with van der Waals surface area (Å²) in [4.78, 5) is 17.6. The van der Waals surface area contributed by atoms with Gasteiger partial charge in [0, 0.05) is 17.6 Å². The first-order chi connectivity index (χ1) is 11.0. The van der Waals surface area contributed by atoms with E-state index in [1.807, 2.05) is 6.92 Å². The van der Waals surface area contributed by atoms with Gasteiger partial charge in [0.15, 0.2) is 0 Å². The molecule has 2 N–H and O–H groups in total. The predicted molar refractivity (Wildman–Crippen MR) is 105 cm³/mol. The van der Waals surface area contributed by atoms with Crippen LogP contribution in [0, 0.1) is 12.7 Å². The number of halogens is 3. The number of piperidine rings is 1. The van der Waals surface area contributed by atoms with Crippen molar-refractivity contribution in [2.45, 2.75) is 38.8 Å². The van der Waals surface area contributed by atoms with E-state index in [9.17, 15) is 9.18 Å². The Morgan fingerprint density at radius 1 is 1.32 bits per heavy atom. The lowest BCUT2D eigenvalue weighted by atomic mass is 10.00. The SMILES string of the molecule is Cc1nc(-c2ccc(F)cc2)sc1C(=O)NC1CCCNC1C.Cl.Cl. The number of carbonyl (C=O) groups excluding carboxylic acids is 1. The first-order valence-electron chi connectivity index (χ1n) is 7.82. The van der Waals surface area contributed by atoms with Crippen molar-refractivity contribution in [2.24, 2.45) is 0 Å². The van der Waals surface area contributed by atoms with Crippen molar-refractivity contribution >= 4 is 42.1 Å². The van der Waals surface area contributed by atoms with Gasteiger partial charge in [-0.2, -0.15) is 0 Å². The molecule has 1 aromatic carbocycles. The van der Waals surface area contributed by atoms with Crippen LogP contribution in [-0.4, -0.2) is 29.5 Å². The van der Waals surface area contributed by atoms with Crippen LogP contribution in [-0.2, 0) is 0 Å². The topological polar surface area (TPSA) is 54.0 Å². The fraction of sp³-hybridized carbons (Fsp3) is 0.412. The minimum Gasteiger partial charge on any atom is -0.347 e. The third-order valence-corrected chi connectivity index (χ3v) is 5.38. The Hall–Kier alpha value is -1.21. The molecule has 0 saturated carbocycles. The second-order valence-electron chi connectivity index (χ2n) is 5.91. The van der Waals surface area contributed by atoms with E-state index < -0.39 is 0 Å². The molecule has 2 unspecified atom stereocenters. The molecule has 1 aromatic heterocycles. The second kappa shape index (κ2) is 9.48. The van der Waals surface area contributed by atoms with Gasteiger partial charge in [-0.15, -0.1) is 36.2 Å². The van der Waals surface area contributed by atoms with E-state index in [2.05, 4.69) is 22.5 Å². The Balaban J connectivity index is 0.00000156. The molecular formula is C17H22Cl2FN3OS. The fourth-order valence-corrected chi connectivity index (χ4v) is 3.77. The Bertz CT molecular complexity index is 708. The van der Waals surface area contributed by atoms with Crippen molar-refractivity contribution in [3.05, 3.63) is 40.7 Å². The third-order valence-electron chi connectivity index (χ3n) is 4.17. The van der Waals surface area contributed by atoms with Crippen molar-refractivity contribution in [1.82, 2.24) is 15.6 Å². The molecule has 3 rings (SSSR count). The van der Waals surface area contributed by atoms with Crippen LogP contribution in [0.1, 0.15) is 35.1 Å². The van der Waals surface area contributed by atoms with Gasteiger partial charge in [-0.25, -0.2) is 9.37 Å². The van der Waals surface area contributed by atoms with E-state index in [4.69, 9.17) is 0 Å². The number of carbonyl (C=O) groups is 1. The third kappa shape index (κ3) is 5.14. The Morgan fingerprint density at radius 2 is 2.00 bits per heavy atom. The minimum absolute atomic E-state index is 0. The number of aryl methyl sites for hydroxylation is 1. The molecule has 2 aromatic rings. The smallest absolute Gasteiger partial charge is 0.263 e. The first-order valence-corrected chi connectivity index (χ1v) is 8.64. The minimum atomic E-state index is -0.279. The molecule has 8 heteroatoms. The number of nitrogens with zero attached hydrogens (tertiary/aromatic N) is 1. The number of nitrogens with one attached hydrogen (secondary N) is 2. The van der Waals surface area contributed by atoms with Gasteiger partial charge in [0.05, 0.1) is 5.69 Å². The summed E-state index contributed by atoms with van der Waals surface area (Å²) >= 11 is 1.35. The van der Waals surface area contributed by atoms with Crippen LogP contribution in [0.15, 0.2) is 24.3 Å². The molecule has 2 atom stereocenters. The molecule has 0 aliphatic carbocycles. The molecule has 1 fully saturated rings. The fourth-order valence-electron chi connectivity index (χ4n) is 2.80. The Kier molecular flexibility index (Phi) is 8.28. The van der Waals surface area contributed by atoms with Gasteiger partial charge >= 0.3 is 0 Å². The zero-order valence-corrected chi connectivity index (χ0v) is 16.5. The van der Waals surface area contributed by atoms with Crippen LogP contribution >= 0.6 is 36.2 Å². The van der Waals surface area contributed by atoms with Gasteiger partial charge in [-0.3, -0.25) is 4.79 Å². The number of thiazole rings is 1. The van der Waals surface area contributed by atoms with Gasteiger partial charge in [-0.05, 0) is 57.5 Å². The van der Waals surface area contributed by atoms with E-state index in [0.717, 1.165) is 30.0 Å². The predicted octanol–water partition coefficient (Wildman–Crippen LogP) is 3.97. The molecule has 0 radical (unpaired) electrons. The molecular weight excluding hydrogens is 384 g/mol. The van der Waals surface area contributed by atoms with Crippen molar-refractivity contribution < 1.29 is 9.18 Å². The molecule has 1 amide bonds. The lowest BCUT2D eigenvalue weighted by Crippen LogP contribution is -2.51. The van der Waals surface area contributed by atoms with E-state index in [0.29, 0.717) is 10.6 Å². The zero-order chi connectivity index (χ0) is 16.4. The van der Waals surface area contributed by atoms with Crippen LogP contribution < -0.4 is 10.6 Å². The summed E-state index contributed by atoms with van der Waals surface area (Å²) in [7, 11) is 0. The van der Waals surface area contributed by atoms with Crippen molar-refractivity contribution in [3.63, 3.8) is 0 Å². The largest absolute Gasteiger partial charge is 0.347 e. The van der Waals surface area contributed by atoms with Gasteiger partial charge in [-0.1, -0.05) is 0 Å². The number of benzene rings is 1. The van der Waals surface area contributed by atoms with Crippen LogP contribution in [0.5, 0.6) is 0 Å². The summed E-state index contributed by atoms with van der Waals surface area (Å²) in [6, 6.07) is 6.59. The Morgan fingerprint density at radius 3 is 2.64 bits per heavy atom. The zero-order valence-electron chi connectivity index (χ0n) is 14.0. The summed E-state index contributed by atoms with van der Waals surface area (Å²) in [6.07, 6.45) is 2.06. The number of aromatic nitrogens is 1. The number of rotatable bonds is 3. The van der Waals surface area contributed by atoms with Crippen molar-refractivity contribution in [1.29, 1.82) is 0 Å². The maximum absolute atomic E-state index is 13.0. The second-order valence-corrected chi connectivity index (χ2v) is 6.90. The summed E-state index contributed by atoms with van der Waals surface area (Å²) in [5, 5.41) is 7.22. The number of hydrogen-bond acceptors (Lipinski definition) is 4. The molecule has 0 spiro atoms. The van der Waals surface area contributed by atoms with E-state index in [1.54, 1.807) is 12.1 Å². The van der Waals surface area contributed by atoms with Crippen molar-refractivity contribution in [2.75, 3.05) is 6.54 Å². The van der Waals surface area contributed by atoms with Crippen LogP contribution in [0.2, 0.25) is 0 Å². The normalized spacial score (nSPS) is 19.5. The van der Waals surface area contributed by atoms with E-state index in [1.165, 1.54) is 23.5 Å². The molecule has 0 bridgehead atoms. The summed E-state index contributed by atoms with van der Waals surface area (Å²) in [5.74, 6) is -0.354. The molecule has 2 heterocycles. The highest BCUT2D eigenvalue weighted by Gasteiger charge is 2.25. The molecule has 25 heavy (non-hydrogen) atoms. The van der Waals surface area contributed by atoms with Gasteiger partial charge in [0.2, 0.25) is 0 Å². The highest BCUT2D eigenvalue weighted by atomic mass is 35.5. The lowest BCUT2D eigenvalue weighted by molar-refractivity contribution is 0.0923. The van der Waals surface area contributed by atoms with Crippen molar-refractivity contribution in [3.8, 4) is 10.6 Å². The molecule has 1 aliphatic rings. The quantitative estimate of drug-likeness (QED) is 0.811. The van der Waals surface area contributed by atoms with E-state index >= 15 is 0 Å². The van der Waals surface area contributed by atoms with E-state index in [-0.39, 0.29) is 48.6 Å². The maximum atomic E-state index is 13.0. The molecule has 4 nitrogen and oxygen atoms in total. The standard InChI is InChI=1S/C17H20FN3OS.2ClH/c1-10-14(4-3-9-19-10)21-16(22)15-11(2)20-17(23-15)12-5-7-13(18)8-6-12;;/h5-8,10,14,19H,3-4,9H2,1-2H3,(H,21,22);2*1H.